The van der Waals surface area contributed by atoms with Gasteiger partial charge in [-0.05, 0) is 35.9 Å². The van der Waals surface area contributed by atoms with E-state index in [-0.39, 0.29) is 0 Å². The number of morpholine rings is 1. The van der Waals surface area contributed by atoms with E-state index in [2.05, 4.69) is 20.2 Å². The second kappa shape index (κ2) is 8.41. The molecule has 146 valence electrons. The third-order valence-electron chi connectivity index (χ3n) is 4.97. The van der Waals surface area contributed by atoms with E-state index in [1.807, 2.05) is 24.3 Å². The van der Waals surface area contributed by atoms with Gasteiger partial charge in [0.25, 0.3) is 0 Å². The van der Waals surface area contributed by atoms with Crippen molar-refractivity contribution in [3.63, 3.8) is 0 Å². The van der Waals surface area contributed by atoms with Crippen LogP contribution in [0.5, 0.6) is 0 Å². The number of ether oxygens (including phenoxy) is 1. The lowest BCUT2D eigenvalue weighted by atomic mass is 10.1. The minimum Gasteiger partial charge on any atom is -0.478 e. The van der Waals surface area contributed by atoms with Crippen LogP contribution in [0.2, 0.25) is 0 Å². The molecule has 4 rings (SSSR count). The summed E-state index contributed by atoms with van der Waals surface area (Å²) in [7, 11) is 0. The molecule has 3 N–H and O–H groups in total. The molecule has 0 saturated carbocycles. The molecule has 28 heavy (non-hydrogen) atoms. The summed E-state index contributed by atoms with van der Waals surface area (Å²) in [5, 5.41) is 12.5. The molecule has 7 nitrogen and oxygen atoms in total. The molecule has 7 heteroatoms. The normalized spacial score (nSPS) is 15.0. The number of benzene rings is 2. The maximum Gasteiger partial charge on any atom is 0.335 e. The highest BCUT2D eigenvalue weighted by molar-refractivity contribution is 5.87. The average molecular weight is 380 g/mol. The lowest BCUT2D eigenvalue weighted by Gasteiger charge is -2.25. The quantitative estimate of drug-likeness (QED) is 0.584. The van der Waals surface area contributed by atoms with Crippen molar-refractivity contribution in [2.75, 3.05) is 38.2 Å². The maximum atomic E-state index is 11.1. The van der Waals surface area contributed by atoms with E-state index < -0.39 is 5.97 Å². The van der Waals surface area contributed by atoms with Crippen molar-refractivity contribution in [2.45, 2.75) is 13.0 Å². The van der Waals surface area contributed by atoms with Crippen LogP contribution >= 0.6 is 0 Å². The van der Waals surface area contributed by atoms with E-state index in [0.717, 1.165) is 67.4 Å². The maximum absolute atomic E-state index is 11.1. The van der Waals surface area contributed by atoms with Crippen LogP contribution in [0.15, 0.2) is 42.5 Å². The Kier molecular flexibility index (Phi) is 5.55. The van der Waals surface area contributed by atoms with Crippen LogP contribution < -0.4 is 5.32 Å². The van der Waals surface area contributed by atoms with Gasteiger partial charge in [0, 0.05) is 38.3 Å². The lowest BCUT2D eigenvalue weighted by Crippen LogP contribution is -2.37. The molecule has 0 spiro atoms. The Hall–Kier alpha value is -2.90. The van der Waals surface area contributed by atoms with Gasteiger partial charge in [-0.2, -0.15) is 0 Å². The summed E-state index contributed by atoms with van der Waals surface area (Å²) in [6.45, 7) is 5.13. The number of anilines is 1. The molecule has 1 aromatic heterocycles. The van der Waals surface area contributed by atoms with Gasteiger partial charge in [0.1, 0.15) is 5.82 Å². The number of hydrogen-bond acceptors (Lipinski definition) is 5. The van der Waals surface area contributed by atoms with Gasteiger partial charge in [-0.3, -0.25) is 4.90 Å². The van der Waals surface area contributed by atoms with Gasteiger partial charge < -0.3 is 20.1 Å². The first-order valence-corrected chi connectivity index (χ1v) is 9.52. The van der Waals surface area contributed by atoms with Gasteiger partial charge >= 0.3 is 5.97 Å². The number of carboxylic acid groups (broad SMARTS) is 1. The minimum absolute atomic E-state index is 0.299. The summed E-state index contributed by atoms with van der Waals surface area (Å²) in [5.74, 6) is 0.0816. The summed E-state index contributed by atoms with van der Waals surface area (Å²) in [4.78, 5) is 21.6. The number of nitrogens with one attached hydrogen (secondary N) is 2. The Labute approximate surface area is 163 Å². The van der Waals surface area contributed by atoms with Gasteiger partial charge in [0.15, 0.2) is 0 Å². The zero-order valence-corrected chi connectivity index (χ0v) is 15.6. The van der Waals surface area contributed by atoms with Crippen molar-refractivity contribution < 1.29 is 14.6 Å². The molecule has 0 atom stereocenters. The van der Waals surface area contributed by atoms with Crippen LogP contribution in [-0.4, -0.2) is 58.8 Å². The fourth-order valence-electron chi connectivity index (χ4n) is 3.40. The molecule has 1 fully saturated rings. The van der Waals surface area contributed by atoms with Crippen molar-refractivity contribution in [1.82, 2.24) is 14.9 Å². The molecule has 1 aliphatic heterocycles. The minimum atomic E-state index is -0.912. The number of nitrogens with zero attached hydrogens (tertiary/aromatic N) is 2. The zero-order chi connectivity index (χ0) is 19.3. The van der Waals surface area contributed by atoms with E-state index in [1.165, 1.54) is 0 Å². The Morgan fingerprint density at radius 1 is 1.21 bits per heavy atom. The number of hydrogen-bond donors (Lipinski definition) is 3. The fraction of sp³-hybridized carbons (Fsp3) is 0.333. The second-order valence-electron chi connectivity index (χ2n) is 6.98. The molecular formula is C21H24N4O3. The molecule has 0 aliphatic carbocycles. The number of H-pyrrole nitrogens is 1. The van der Waals surface area contributed by atoms with Gasteiger partial charge in [0.05, 0.1) is 29.8 Å². The second-order valence-corrected chi connectivity index (χ2v) is 6.98. The SMILES string of the molecule is O=C(O)c1cccc(CNc2ccc3nc(CCN4CCOCC4)[nH]c3c2)c1. The monoisotopic (exact) mass is 380 g/mol. The first-order chi connectivity index (χ1) is 13.7. The highest BCUT2D eigenvalue weighted by atomic mass is 16.5. The molecule has 0 radical (unpaired) electrons. The van der Waals surface area contributed by atoms with E-state index in [9.17, 15) is 4.79 Å². The number of aromatic nitrogens is 2. The van der Waals surface area contributed by atoms with Gasteiger partial charge in [-0.1, -0.05) is 12.1 Å². The first kappa shape index (κ1) is 18.5. The summed E-state index contributed by atoms with van der Waals surface area (Å²) in [5.41, 5.74) is 4.15. The van der Waals surface area contributed by atoms with Crippen molar-refractivity contribution >= 4 is 22.7 Å². The van der Waals surface area contributed by atoms with Crippen LogP contribution in [-0.2, 0) is 17.7 Å². The van der Waals surface area contributed by atoms with Crippen molar-refractivity contribution in [1.29, 1.82) is 0 Å². The summed E-state index contributed by atoms with van der Waals surface area (Å²) in [6.07, 6.45) is 0.888. The summed E-state index contributed by atoms with van der Waals surface area (Å²) in [6, 6.07) is 13.0. The van der Waals surface area contributed by atoms with Gasteiger partial charge in [-0.15, -0.1) is 0 Å². The fourth-order valence-corrected chi connectivity index (χ4v) is 3.40. The van der Waals surface area contributed by atoms with Crippen molar-refractivity contribution in [2.24, 2.45) is 0 Å². The predicted octanol–water partition coefficient (Wildman–Crippen LogP) is 2.75. The van der Waals surface area contributed by atoms with E-state index in [4.69, 9.17) is 9.84 Å². The van der Waals surface area contributed by atoms with Crippen LogP contribution in [0.4, 0.5) is 5.69 Å². The molecule has 2 heterocycles. The van der Waals surface area contributed by atoms with Crippen LogP contribution in [0.1, 0.15) is 21.7 Å². The standard InChI is InChI=1S/C21H24N4O3/c26-21(27)16-3-1-2-15(12-16)14-22-17-4-5-18-19(13-17)24-20(23-18)6-7-25-8-10-28-11-9-25/h1-5,12-13,22H,6-11,14H2,(H,23,24)(H,26,27). The van der Waals surface area contributed by atoms with Crippen molar-refractivity contribution in [3.8, 4) is 0 Å². The van der Waals surface area contributed by atoms with E-state index >= 15 is 0 Å². The van der Waals surface area contributed by atoms with E-state index in [0.29, 0.717) is 12.1 Å². The topological polar surface area (TPSA) is 90.5 Å². The highest BCUT2D eigenvalue weighted by Gasteiger charge is 2.11. The molecule has 1 saturated heterocycles. The van der Waals surface area contributed by atoms with Gasteiger partial charge in [-0.25, -0.2) is 9.78 Å². The third-order valence-corrected chi connectivity index (χ3v) is 4.97. The lowest BCUT2D eigenvalue weighted by molar-refractivity contribution is 0.0382. The Balaban J connectivity index is 1.38. The third kappa shape index (κ3) is 4.49. The number of aromatic carboxylic acids is 1. The zero-order valence-electron chi connectivity index (χ0n) is 15.6. The molecular weight excluding hydrogens is 356 g/mol. The van der Waals surface area contributed by atoms with Crippen LogP contribution in [0.25, 0.3) is 11.0 Å². The Bertz CT molecular complexity index is 963. The largest absolute Gasteiger partial charge is 0.478 e. The van der Waals surface area contributed by atoms with Crippen LogP contribution in [0.3, 0.4) is 0 Å². The molecule has 0 unspecified atom stereocenters. The number of carboxylic acids is 1. The van der Waals surface area contributed by atoms with Gasteiger partial charge in [0.2, 0.25) is 0 Å². The molecule has 0 amide bonds. The average Bonchev–Trinajstić information content (AvgIpc) is 3.14. The highest BCUT2D eigenvalue weighted by Crippen LogP contribution is 2.19. The predicted molar refractivity (Wildman–Crippen MR) is 108 cm³/mol. The van der Waals surface area contributed by atoms with Crippen LogP contribution in [0, 0.1) is 0 Å². The molecule has 1 aliphatic rings. The molecule has 3 aromatic rings. The summed E-state index contributed by atoms with van der Waals surface area (Å²) >= 11 is 0. The molecule has 2 aromatic carbocycles. The number of imidazole rings is 1. The first-order valence-electron chi connectivity index (χ1n) is 9.52. The smallest absolute Gasteiger partial charge is 0.335 e. The van der Waals surface area contributed by atoms with E-state index in [1.54, 1.807) is 18.2 Å². The Morgan fingerprint density at radius 2 is 2.07 bits per heavy atom. The number of aromatic amines is 1. The molecule has 0 bridgehead atoms. The number of fused-ring (bicyclic) bond motifs is 1. The number of carbonyl (C=O) groups is 1. The summed E-state index contributed by atoms with van der Waals surface area (Å²) < 4.78 is 5.38. The Morgan fingerprint density at radius 3 is 2.89 bits per heavy atom. The van der Waals surface area contributed by atoms with Crippen molar-refractivity contribution in [3.05, 3.63) is 59.4 Å². The number of rotatable bonds is 7.